The van der Waals surface area contributed by atoms with Gasteiger partial charge in [0.15, 0.2) is 0 Å². The summed E-state index contributed by atoms with van der Waals surface area (Å²) in [5.74, 6) is 0.876. The molecule has 5 rings (SSSR count). The number of fused-ring (bicyclic) bond motifs is 1. The van der Waals surface area contributed by atoms with E-state index in [1.807, 2.05) is 21.8 Å². The third-order valence-corrected chi connectivity index (χ3v) is 7.46. The zero-order chi connectivity index (χ0) is 22.3. The lowest BCUT2D eigenvalue weighted by Gasteiger charge is -2.38. The van der Waals surface area contributed by atoms with Gasteiger partial charge >= 0.3 is 0 Å². The number of benzene rings is 1. The van der Waals surface area contributed by atoms with E-state index in [9.17, 15) is 4.79 Å². The number of nitrogens with one attached hydrogen (secondary N) is 1. The number of nitrogens with zero attached hydrogens (tertiary/aromatic N) is 5. The van der Waals surface area contributed by atoms with Crippen LogP contribution in [-0.2, 0) is 12.1 Å². The number of hydrogen-bond donors (Lipinski definition) is 1. The number of piperazine rings is 1. The number of amides is 1. The molecule has 2 aromatic heterocycles. The van der Waals surface area contributed by atoms with Gasteiger partial charge < -0.3 is 10.2 Å². The summed E-state index contributed by atoms with van der Waals surface area (Å²) in [5, 5.41) is 9.26. The lowest BCUT2D eigenvalue weighted by molar-refractivity contribution is 0.0629. The molecule has 0 radical (unpaired) electrons. The molecule has 8 heteroatoms. The Bertz CT molecular complexity index is 1100. The van der Waals surface area contributed by atoms with Crippen molar-refractivity contribution in [3.63, 3.8) is 0 Å². The summed E-state index contributed by atoms with van der Waals surface area (Å²) in [4.78, 5) is 23.6. The van der Waals surface area contributed by atoms with Crippen molar-refractivity contribution in [1.82, 2.24) is 24.6 Å². The second-order valence-electron chi connectivity index (χ2n) is 9.40. The molecule has 1 fully saturated rings. The summed E-state index contributed by atoms with van der Waals surface area (Å²) in [7, 11) is 0. The molecule has 7 nitrogen and oxygen atoms in total. The average molecular weight is 451 g/mol. The zero-order valence-electron chi connectivity index (χ0n) is 18.9. The Hall–Kier alpha value is -2.71. The van der Waals surface area contributed by atoms with Gasteiger partial charge in [-0.05, 0) is 32.8 Å². The van der Waals surface area contributed by atoms with Crippen LogP contribution in [0.2, 0.25) is 0 Å². The van der Waals surface area contributed by atoms with Crippen molar-refractivity contribution in [2.24, 2.45) is 0 Å². The zero-order valence-corrected chi connectivity index (χ0v) is 19.7. The molecule has 1 atom stereocenters. The van der Waals surface area contributed by atoms with Gasteiger partial charge in [0.1, 0.15) is 16.4 Å². The van der Waals surface area contributed by atoms with Crippen LogP contribution in [-0.4, -0.2) is 56.7 Å². The van der Waals surface area contributed by atoms with Gasteiger partial charge in [-0.25, -0.2) is 9.67 Å². The van der Waals surface area contributed by atoms with E-state index in [0.29, 0.717) is 5.56 Å². The minimum Gasteiger partial charge on any atom is -0.360 e. The van der Waals surface area contributed by atoms with E-state index in [0.717, 1.165) is 50.0 Å². The summed E-state index contributed by atoms with van der Waals surface area (Å²) in [6.07, 6.45) is 4.53. The third kappa shape index (κ3) is 4.04. The Morgan fingerprint density at radius 1 is 1.16 bits per heavy atom. The molecule has 0 aliphatic carbocycles. The number of rotatable bonds is 4. The van der Waals surface area contributed by atoms with E-state index in [1.165, 1.54) is 10.4 Å². The lowest BCUT2D eigenvalue weighted by Crippen LogP contribution is -2.48. The molecule has 0 saturated carbocycles. The summed E-state index contributed by atoms with van der Waals surface area (Å²) >= 11 is 1.71. The molecular weight excluding hydrogens is 420 g/mol. The van der Waals surface area contributed by atoms with E-state index in [2.05, 4.69) is 65.3 Å². The van der Waals surface area contributed by atoms with Crippen molar-refractivity contribution in [2.75, 3.05) is 31.5 Å². The molecule has 32 heavy (non-hydrogen) atoms. The molecule has 2 aliphatic rings. The Balaban J connectivity index is 1.30. The number of aromatic nitrogens is 3. The lowest BCUT2D eigenvalue weighted by atomic mass is 9.93. The van der Waals surface area contributed by atoms with E-state index in [-0.39, 0.29) is 17.5 Å². The second kappa shape index (κ2) is 8.33. The molecule has 0 bridgehead atoms. The Morgan fingerprint density at radius 2 is 1.91 bits per heavy atom. The minimum absolute atomic E-state index is 0.0601. The van der Waals surface area contributed by atoms with Crippen molar-refractivity contribution in [2.45, 2.75) is 45.3 Å². The molecule has 1 amide bonds. The molecule has 168 valence electrons. The fourth-order valence-electron chi connectivity index (χ4n) is 4.71. The summed E-state index contributed by atoms with van der Waals surface area (Å²) < 4.78 is 1.98. The van der Waals surface area contributed by atoms with E-state index in [4.69, 9.17) is 0 Å². The Labute approximate surface area is 193 Å². The van der Waals surface area contributed by atoms with Crippen molar-refractivity contribution in [1.29, 1.82) is 0 Å². The average Bonchev–Trinajstić information content (AvgIpc) is 3.41. The van der Waals surface area contributed by atoms with Gasteiger partial charge in [0.2, 0.25) is 0 Å². The second-order valence-corrected chi connectivity index (χ2v) is 10.7. The van der Waals surface area contributed by atoms with Crippen LogP contribution >= 0.6 is 11.3 Å². The molecule has 0 spiro atoms. The maximum Gasteiger partial charge on any atom is 0.259 e. The fraction of sp³-hybridized carbons (Fsp3) is 0.458. The highest BCUT2D eigenvalue weighted by Gasteiger charge is 2.38. The van der Waals surface area contributed by atoms with E-state index in [1.54, 1.807) is 17.5 Å². The quantitative estimate of drug-likeness (QED) is 0.653. The Kier molecular flexibility index (Phi) is 5.51. The van der Waals surface area contributed by atoms with Crippen LogP contribution in [0.25, 0.3) is 0 Å². The number of anilines is 1. The topological polar surface area (TPSA) is 66.3 Å². The van der Waals surface area contributed by atoms with Crippen LogP contribution in [0.5, 0.6) is 0 Å². The van der Waals surface area contributed by atoms with Crippen LogP contribution in [0.3, 0.4) is 0 Å². The molecule has 2 aliphatic heterocycles. The first-order valence-corrected chi connectivity index (χ1v) is 12.1. The van der Waals surface area contributed by atoms with E-state index < -0.39 is 0 Å². The van der Waals surface area contributed by atoms with Crippen molar-refractivity contribution >= 4 is 23.1 Å². The third-order valence-electron chi connectivity index (χ3n) is 6.43. The largest absolute Gasteiger partial charge is 0.360 e. The fourth-order valence-corrected chi connectivity index (χ4v) is 5.53. The van der Waals surface area contributed by atoms with Gasteiger partial charge in [-0.1, -0.05) is 30.3 Å². The number of aryl methyl sites for hydroxylation is 1. The SMILES string of the molecule is Cc1cnc(C2CC(C)(C)n3ncc(C(=O)N4CCN(Cc5ccccc5)CC4)c3N2)s1. The minimum atomic E-state index is -0.197. The molecule has 1 unspecified atom stereocenters. The number of carbonyl (C=O) groups excluding carboxylic acids is 1. The molecule has 3 aromatic rings. The molecule has 1 saturated heterocycles. The first-order valence-electron chi connectivity index (χ1n) is 11.2. The van der Waals surface area contributed by atoms with Gasteiger partial charge in [0.05, 0.1) is 17.8 Å². The van der Waals surface area contributed by atoms with Gasteiger partial charge in [-0.15, -0.1) is 11.3 Å². The van der Waals surface area contributed by atoms with Gasteiger partial charge in [0, 0.05) is 43.8 Å². The summed E-state index contributed by atoms with van der Waals surface area (Å²) in [6.45, 7) is 10.6. The number of hydrogen-bond acceptors (Lipinski definition) is 6. The predicted molar refractivity (Wildman–Crippen MR) is 127 cm³/mol. The van der Waals surface area contributed by atoms with Crippen molar-refractivity contribution < 1.29 is 4.79 Å². The van der Waals surface area contributed by atoms with Gasteiger partial charge in [-0.3, -0.25) is 9.69 Å². The maximum atomic E-state index is 13.5. The van der Waals surface area contributed by atoms with Crippen LogP contribution < -0.4 is 5.32 Å². The summed E-state index contributed by atoms with van der Waals surface area (Å²) in [5.41, 5.74) is 1.78. The van der Waals surface area contributed by atoms with Crippen LogP contribution in [0.4, 0.5) is 5.82 Å². The monoisotopic (exact) mass is 450 g/mol. The number of carbonyl (C=O) groups is 1. The molecular formula is C24H30N6OS. The number of thiazole rings is 1. The highest BCUT2D eigenvalue weighted by molar-refractivity contribution is 7.11. The van der Waals surface area contributed by atoms with Crippen molar-refractivity contribution in [3.05, 3.63) is 63.7 Å². The highest BCUT2D eigenvalue weighted by atomic mass is 32.1. The van der Waals surface area contributed by atoms with E-state index >= 15 is 0 Å². The van der Waals surface area contributed by atoms with Gasteiger partial charge in [-0.2, -0.15) is 5.10 Å². The molecule has 1 aromatic carbocycles. The van der Waals surface area contributed by atoms with Crippen molar-refractivity contribution in [3.8, 4) is 0 Å². The van der Waals surface area contributed by atoms with Crippen LogP contribution in [0, 0.1) is 6.92 Å². The first kappa shape index (κ1) is 21.2. The summed E-state index contributed by atoms with van der Waals surface area (Å²) in [6, 6.07) is 10.6. The predicted octanol–water partition coefficient (Wildman–Crippen LogP) is 3.90. The normalized spacial score (nSPS) is 20.6. The van der Waals surface area contributed by atoms with Crippen LogP contribution in [0.1, 0.15) is 52.1 Å². The smallest absolute Gasteiger partial charge is 0.259 e. The Morgan fingerprint density at radius 3 is 2.59 bits per heavy atom. The molecule has 4 heterocycles. The standard InChI is InChI=1S/C24H30N6OS/c1-17-14-25-22(32-17)20-13-24(2,3)30-21(27-20)19(15-26-30)23(31)29-11-9-28(10-12-29)16-18-7-5-4-6-8-18/h4-8,14-15,20,27H,9-13,16H2,1-3H3. The van der Waals surface area contributed by atoms with Crippen LogP contribution in [0.15, 0.2) is 42.7 Å². The highest BCUT2D eigenvalue weighted by Crippen LogP contribution is 2.41. The first-order chi connectivity index (χ1) is 15.4. The maximum absolute atomic E-state index is 13.5. The van der Waals surface area contributed by atoms with Gasteiger partial charge in [0.25, 0.3) is 5.91 Å². The molecule has 1 N–H and O–H groups in total.